The number of thiophene rings is 1. The molecule has 2 aromatic heterocycles. The number of carbonyl (C=O) groups excluding carboxylic acids is 1. The van der Waals surface area contributed by atoms with Gasteiger partial charge in [-0.15, -0.1) is 0 Å². The normalized spacial score (nSPS) is 15.5. The number of rotatable bonds is 5. The number of aromatic nitrogens is 1. The van der Waals surface area contributed by atoms with Crippen molar-refractivity contribution in [1.82, 2.24) is 10.3 Å². The molecule has 1 amide bonds. The van der Waals surface area contributed by atoms with Crippen LogP contribution in [0.15, 0.2) is 41.1 Å². The molecule has 0 saturated heterocycles. The standard InChI is InChI=1S/C18H18N2O2S/c1-22-14-3-2-12-8-16(20-15(12)9-14)17(21)19-11-18(5-6-18)13-4-7-23-10-13/h2-4,7-10,20H,5-6,11H2,1H3,(H,19,21). The summed E-state index contributed by atoms with van der Waals surface area (Å²) in [7, 11) is 1.64. The third-order valence-corrected chi connectivity index (χ3v) is 5.33. The lowest BCUT2D eigenvalue weighted by Gasteiger charge is -2.14. The summed E-state index contributed by atoms with van der Waals surface area (Å²) < 4.78 is 5.21. The van der Waals surface area contributed by atoms with Crippen molar-refractivity contribution in [1.29, 1.82) is 0 Å². The van der Waals surface area contributed by atoms with Gasteiger partial charge in [0.25, 0.3) is 5.91 Å². The lowest BCUT2D eigenvalue weighted by Crippen LogP contribution is -2.32. The lowest BCUT2D eigenvalue weighted by atomic mass is 9.99. The Kier molecular flexibility index (Phi) is 3.38. The summed E-state index contributed by atoms with van der Waals surface area (Å²) >= 11 is 1.71. The third-order valence-electron chi connectivity index (χ3n) is 4.65. The average molecular weight is 326 g/mol. The largest absolute Gasteiger partial charge is 0.497 e. The Labute approximate surface area is 138 Å². The Hall–Kier alpha value is -2.27. The molecular formula is C18H18N2O2S. The van der Waals surface area contributed by atoms with Crippen LogP contribution >= 0.6 is 11.3 Å². The predicted octanol–water partition coefficient (Wildman–Crippen LogP) is 3.70. The molecule has 1 aromatic carbocycles. The van der Waals surface area contributed by atoms with E-state index < -0.39 is 0 Å². The van der Waals surface area contributed by atoms with Gasteiger partial charge < -0.3 is 15.0 Å². The molecule has 1 fully saturated rings. The van der Waals surface area contributed by atoms with E-state index in [0.29, 0.717) is 12.2 Å². The van der Waals surface area contributed by atoms with Crippen molar-refractivity contribution >= 4 is 28.1 Å². The average Bonchev–Trinajstić information content (AvgIpc) is 3.02. The van der Waals surface area contributed by atoms with Crippen LogP contribution in [0.2, 0.25) is 0 Å². The Morgan fingerprint density at radius 1 is 1.35 bits per heavy atom. The van der Waals surface area contributed by atoms with Crippen molar-refractivity contribution in [2.45, 2.75) is 18.3 Å². The second-order valence-corrected chi connectivity index (χ2v) is 6.89. The zero-order valence-corrected chi connectivity index (χ0v) is 13.7. The number of amides is 1. The molecule has 3 aromatic rings. The molecular weight excluding hydrogens is 308 g/mol. The van der Waals surface area contributed by atoms with Gasteiger partial charge in [-0.2, -0.15) is 11.3 Å². The first-order valence-electron chi connectivity index (χ1n) is 7.68. The van der Waals surface area contributed by atoms with Gasteiger partial charge in [-0.05, 0) is 53.4 Å². The quantitative estimate of drug-likeness (QED) is 0.751. The molecule has 0 unspecified atom stereocenters. The van der Waals surface area contributed by atoms with E-state index in [4.69, 9.17) is 4.74 Å². The maximum atomic E-state index is 12.4. The van der Waals surface area contributed by atoms with E-state index in [0.717, 1.165) is 29.5 Å². The highest BCUT2D eigenvalue weighted by molar-refractivity contribution is 7.08. The van der Waals surface area contributed by atoms with Gasteiger partial charge in [0.1, 0.15) is 11.4 Å². The molecule has 0 atom stereocenters. The SMILES string of the molecule is COc1ccc2cc(C(=O)NCC3(c4ccsc4)CC3)[nH]c2c1. The first kappa shape index (κ1) is 14.3. The number of ether oxygens (including phenoxy) is 1. The summed E-state index contributed by atoms with van der Waals surface area (Å²) in [4.78, 5) is 15.6. The van der Waals surface area contributed by atoms with Crippen molar-refractivity contribution in [3.8, 4) is 5.75 Å². The van der Waals surface area contributed by atoms with E-state index in [-0.39, 0.29) is 11.3 Å². The Morgan fingerprint density at radius 3 is 2.91 bits per heavy atom. The molecule has 0 aliphatic heterocycles. The van der Waals surface area contributed by atoms with Crippen LogP contribution in [0, 0.1) is 0 Å². The number of aromatic amines is 1. The van der Waals surface area contributed by atoms with Crippen LogP contribution in [0.3, 0.4) is 0 Å². The van der Waals surface area contributed by atoms with E-state index in [1.165, 1.54) is 5.56 Å². The number of nitrogens with one attached hydrogen (secondary N) is 2. The van der Waals surface area contributed by atoms with E-state index in [9.17, 15) is 4.79 Å². The van der Waals surface area contributed by atoms with E-state index >= 15 is 0 Å². The van der Waals surface area contributed by atoms with Gasteiger partial charge in [0.05, 0.1) is 7.11 Å². The van der Waals surface area contributed by atoms with Crippen molar-refractivity contribution in [3.63, 3.8) is 0 Å². The van der Waals surface area contributed by atoms with Gasteiger partial charge in [0, 0.05) is 28.9 Å². The Bertz CT molecular complexity index is 847. The number of H-pyrrole nitrogens is 1. The second kappa shape index (κ2) is 5.42. The molecule has 4 rings (SSSR count). The van der Waals surface area contributed by atoms with E-state index in [2.05, 4.69) is 27.1 Å². The fourth-order valence-electron chi connectivity index (χ4n) is 2.98. The molecule has 0 spiro atoms. The molecule has 0 bridgehead atoms. The number of methoxy groups -OCH3 is 1. The minimum absolute atomic E-state index is 0.0540. The molecule has 0 radical (unpaired) electrons. The summed E-state index contributed by atoms with van der Waals surface area (Å²) in [6.45, 7) is 0.696. The zero-order valence-electron chi connectivity index (χ0n) is 12.9. The van der Waals surface area contributed by atoms with Gasteiger partial charge in [-0.1, -0.05) is 0 Å². The fourth-order valence-corrected chi connectivity index (χ4v) is 3.76. The highest BCUT2D eigenvalue weighted by atomic mass is 32.1. The zero-order chi connectivity index (χ0) is 15.9. The van der Waals surface area contributed by atoms with Gasteiger partial charge in [0.2, 0.25) is 0 Å². The van der Waals surface area contributed by atoms with Crippen LogP contribution < -0.4 is 10.1 Å². The summed E-state index contributed by atoms with van der Waals surface area (Å²) in [6, 6.07) is 9.80. The van der Waals surface area contributed by atoms with Crippen LogP contribution in [-0.2, 0) is 5.41 Å². The smallest absolute Gasteiger partial charge is 0.267 e. The highest BCUT2D eigenvalue weighted by Gasteiger charge is 2.44. The predicted molar refractivity (Wildman–Crippen MR) is 92.4 cm³/mol. The molecule has 1 saturated carbocycles. The summed E-state index contributed by atoms with van der Waals surface area (Å²) in [5, 5.41) is 8.38. The van der Waals surface area contributed by atoms with Crippen LogP contribution in [0.4, 0.5) is 0 Å². The number of benzene rings is 1. The molecule has 2 N–H and O–H groups in total. The molecule has 4 nitrogen and oxygen atoms in total. The Balaban J connectivity index is 1.49. The van der Waals surface area contributed by atoms with Gasteiger partial charge in [-0.3, -0.25) is 4.79 Å². The molecule has 118 valence electrons. The van der Waals surface area contributed by atoms with Crippen molar-refractivity contribution in [2.75, 3.05) is 13.7 Å². The molecule has 1 aliphatic rings. The van der Waals surface area contributed by atoms with Crippen LogP contribution in [0.1, 0.15) is 28.9 Å². The van der Waals surface area contributed by atoms with Crippen LogP contribution in [0.25, 0.3) is 10.9 Å². The van der Waals surface area contributed by atoms with Gasteiger partial charge in [0.15, 0.2) is 0 Å². The number of carbonyl (C=O) groups is 1. The Morgan fingerprint density at radius 2 is 2.22 bits per heavy atom. The number of hydrogen-bond donors (Lipinski definition) is 2. The van der Waals surface area contributed by atoms with Crippen LogP contribution in [0.5, 0.6) is 5.75 Å². The fraction of sp³-hybridized carbons (Fsp3) is 0.278. The second-order valence-electron chi connectivity index (χ2n) is 6.11. The monoisotopic (exact) mass is 326 g/mol. The summed E-state index contributed by atoms with van der Waals surface area (Å²) in [6.07, 6.45) is 2.29. The van der Waals surface area contributed by atoms with E-state index in [1.54, 1.807) is 18.4 Å². The number of hydrogen-bond acceptors (Lipinski definition) is 3. The van der Waals surface area contributed by atoms with Gasteiger partial charge in [-0.25, -0.2) is 0 Å². The third kappa shape index (κ3) is 2.61. The maximum absolute atomic E-state index is 12.4. The minimum atomic E-state index is -0.0540. The summed E-state index contributed by atoms with van der Waals surface area (Å²) in [5.41, 5.74) is 3.01. The van der Waals surface area contributed by atoms with Crippen molar-refractivity contribution in [3.05, 3.63) is 52.3 Å². The molecule has 23 heavy (non-hydrogen) atoms. The minimum Gasteiger partial charge on any atom is -0.497 e. The molecule has 5 heteroatoms. The first-order chi connectivity index (χ1) is 11.2. The van der Waals surface area contributed by atoms with Crippen molar-refractivity contribution < 1.29 is 9.53 Å². The lowest BCUT2D eigenvalue weighted by molar-refractivity contribution is 0.0945. The van der Waals surface area contributed by atoms with Gasteiger partial charge >= 0.3 is 0 Å². The number of fused-ring (bicyclic) bond motifs is 1. The topological polar surface area (TPSA) is 54.1 Å². The van der Waals surface area contributed by atoms with E-state index in [1.807, 2.05) is 24.3 Å². The molecule has 1 aliphatic carbocycles. The van der Waals surface area contributed by atoms with Crippen LogP contribution in [-0.4, -0.2) is 24.5 Å². The summed E-state index contributed by atoms with van der Waals surface area (Å²) in [5.74, 6) is 0.724. The first-order valence-corrected chi connectivity index (χ1v) is 8.62. The van der Waals surface area contributed by atoms with Crippen molar-refractivity contribution in [2.24, 2.45) is 0 Å². The maximum Gasteiger partial charge on any atom is 0.267 e. The highest BCUT2D eigenvalue weighted by Crippen LogP contribution is 2.48. The molecule has 2 heterocycles.